The van der Waals surface area contributed by atoms with E-state index >= 15 is 0 Å². The van der Waals surface area contributed by atoms with Gasteiger partial charge in [0.2, 0.25) is 0 Å². The number of hydrogen-bond donors (Lipinski definition) is 0. The molecule has 1 aliphatic heterocycles. The zero-order valence-corrected chi connectivity index (χ0v) is 23.4. The van der Waals surface area contributed by atoms with Crippen LogP contribution < -0.4 is 9.57 Å². The fourth-order valence-corrected chi connectivity index (χ4v) is 5.97. The van der Waals surface area contributed by atoms with Gasteiger partial charge in [0, 0.05) is 16.5 Å². The molecule has 0 spiro atoms. The molecule has 1 saturated carbocycles. The Balaban J connectivity index is 1.99. The maximum absolute atomic E-state index is 13.4. The van der Waals surface area contributed by atoms with Crippen molar-refractivity contribution in [2.45, 2.75) is 130 Å². The molecule has 0 unspecified atom stereocenters. The molecule has 0 aromatic heterocycles. The third-order valence-electron chi connectivity index (χ3n) is 8.18. The van der Waals surface area contributed by atoms with Crippen LogP contribution in [0.15, 0.2) is 18.7 Å². The van der Waals surface area contributed by atoms with Gasteiger partial charge < -0.3 is 14.3 Å². The molecule has 1 aromatic carbocycles. The Morgan fingerprint density at radius 3 is 2.09 bits per heavy atom. The Labute approximate surface area is 213 Å². The third-order valence-corrected chi connectivity index (χ3v) is 8.18. The van der Waals surface area contributed by atoms with Crippen molar-refractivity contribution in [3.8, 4) is 11.5 Å². The van der Waals surface area contributed by atoms with Crippen LogP contribution in [-0.4, -0.2) is 27.9 Å². The maximum Gasteiger partial charge on any atom is 0.514 e. The van der Waals surface area contributed by atoms with Crippen LogP contribution in [0.3, 0.4) is 0 Å². The van der Waals surface area contributed by atoms with E-state index in [-0.39, 0.29) is 16.5 Å². The topological polar surface area (TPSA) is 48.0 Å². The van der Waals surface area contributed by atoms with Gasteiger partial charge in [0.05, 0.1) is 11.1 Å². The minimum atomic E-state index is -0.666. The van der Waals surface area contributed by atoms with Crippen molar-refractivity contribution in [1.82, 2.24) is 5.06 Å². The van der Waals surface area contributed by atoms with Gasteiger partial charge >= 0.3 is 6.16 Å². The van der Waals surface area contributed by atoms with Crippen LogP contribution in [0.5, 0.6) is 11.5 Å². The van der Waals surface area contributed by atoms with Gasteiger partial charge in [0.1, 0.15) is 5.60 Å². The van der Waals surface area contributed by atoms with Crippen molar-refractivity contribution in [3.63, 3.8) is 0 Å². The quantitative estimate of drug-likeness (QED) is 0.299. The molecule has 35 heavy (non-hydrogen) atoms. The lowest BCUT2D eigenvalue weighted by Crippen LogP contribution is -2.60. The van der Waals surface area contributed by atoms with Crippen molar-refractivity contribution in [2.24, 2.45) is 5.41 Å². The Morgan fingerprint density at radius 2 is 1.57 bits per heavy atom. The molecule has 1 heterocycles. The molecular formula is C30H47NO4. The first-order valence-electron chi connectivity index (χ1n) is 13.4. The van der Waals surface area contributed by atoms with Gasteiger partial charge in [-0.05, 0) is 79.1 Å². The number of carbonyl (C=O) groups is 1. The standard InChI is InChI=1S/C30H47NO4/c1-10-22-16-17-23(11-2)25(35-31-28(6,7)18-15-19-29(31,8)9)24(22)33-26(32)34-30(27(3,4)5)20-13-12-14-21-30/h10,16-17H,1,11-15,18-21H2,2-9H3. The van der Waals surface area contributed by atoms with E-state index in [0.717, 1.165) is 62.5 Å². The Bertz CT molecular complexity index is 903. The van der Waals surface area contributed by atoms with Crippen molar-refractivity contribution < 1.29 is 19.1 Å². The van der Waals surface area contributed by atoms with E-state index < -0.39 is 11.8 Å². The van der Waals surface area contributed by atoms with E-state index in [1.54, 1.807) is 6.08 Å². The lowest BCUT2D eigenvalue weighted by atomic mass is 9.68. The second-order valence-electron chi connectivity index (χ2n) is 12.7. The summed E-state index contributed by atoms with van der Waals surface area (Å²) >= 11 is 0. The molecule has 1 aliphatic carbocycles. The smallest absolute Gasteiger partial charge is 0.427 e. The van der Waals surface area contributed by atoms with Crippen LogP contribution in [0.1, 0.15) is 118 Å². The van der Waals surface area contributed by atoms with Gasteiger partial charge in [-0.2, -0.15) is 0 Å². The third kappa shape index (κ3) is 5.71. The maximum atomic E-state index is 13.4. The number of ether oxygens (including phenoxy) is 2. The summed E-state index contributed by atoms with van der Waals surface area (Å²) in [6.07, 6.45) is 10.0. The van der Waals surface area contributed by atoms with E-state index in [1.165, 1.54) is 6.42 Å². The largest absolute Gasteiger partial charge is 0.514 e. The fraction of sp³-hybridized carbons (Fsp3) is 0.700. The highest BCUT2D eigenvalue weighted by molar-refractivity contribution is 5.72. The lowest BCUT2D eigenvalue weighted by molar-refractivity contribution is -0.217. The highest BCUT2D eigenvalue weighted by Crippen LogP contribution is 2.47. The summed E-state index contributed by atoms with van der Waals surface area (Å²) in [7, 11) is 0. The summed E-state index contributed by atoms with van der Waals surface area (Å²) in [5.74, 6) is 0.972. The second-order valence-corrected chi connectivity index (χ2v) is 12.7. The predicted molar refractivity (Wildman–Crippen MR) is 143 cm³/mol. The molecule has 2 fully saturated rings. The normalized spacial score (nSPS) is 21.7. The molecule has 1 aromatic rings. The molecule has 0 N–H and O–H groups in total. The van der Waals surface area contributed by atoms with E-state index in [4.69, 9.17) is 14.3 Å². The zero-order chi connectivity index (χ0) is 26.1. The number of carbonyl (C=O) groups excluding carboxylic acids is 1. The molecular weight excluding hydrogens is 438 g/mol. The summed E-state index contributed by atoms with van der Waals surface area (Å²) in [6.45, 7) is 21.3. The second kappa shape index (κ2) is 10.2. The molecule has 2 aliphatic rings. The average molecular weight is 486 g/mol. The number of rotatable bonds is 6. The monoisotopic (exact) mass is 485 g/mol. The number of hydroxylamine groups is 2. The predicted octanol–water partition coefficient (Wildman–Crippen LogP) is 8.49. The van der Waals surface area contributed by atoms with E-state index in [9.17, 15) is 4.79 Å². The molecule has 5 nitrogen and oxygen atoms in total. The summed E-state index contributed by atoms with van der Waals surface area (Å²) in [6, 6.07) is 3.97. The van der Waals surface area contributed by atoms with Crippen molar-refractivity contribution in [2.75, 3.05) is 0 Å². The first-order chi connectivity index (χ1) is 16.3. The lowest BCUT2D eigenvalue weighted by Gasteiger charge is -2.51. The van der Waals surface area contributed by atoms with Crippen molar-refractivity contribution in [3.05, 3.63) is 29.8 Å². The summed E-state index contributed by atoms with van der Waals surface area (Å²) < 4.78 is 12.2. The average Bonchev–Trinajstić information content (AvgIpc) is 2.76. The van der Waals surface area contributed by atoms with Crippen molar-refractivity contribution in [1.29, 1.82) is 0 Å². The van der Waals surface area contributed by atoms with Crippen LogP contribution >= 0.6 is 0 Å². The number of benzene rings is 1. The molecule has 1 saturated heterocycles. The first-order valence-corrected chi connectivity index (χ1v) is 13.4. The Hall–Kier alpha value is -2.01. The zero-order valence-electron chi connectivity index (χ0n) is 23.4. The Morgan fingerprint density at radius 1 is 0.971 bits per heavy atom. The number of nitrogens with zero attached hydrogens (tertiary/aromatic N) is 1. The van der Waals surface area contributed by atoms with Crippen LogP contribution in [-0.2, 0) is 11.2 Å². The number of piperidine rings is 1. The molecule has 0 atom stereocenters. The number of hydrogen-bond acceptors (Lipinski definition) is 5. The molecule has 0 bridgehead atoms. The van der Waals surface area contributed by atoms with Crippen LogP contribution in [0, 0.1) is 5.41 Å². The van der Waals surface area contributed by atoms with Crippen LogP contribution in [0.4, 0.5) is 4.79 Å². The van der Waals surface area contributed by atoms with E-state index in [0.29, 0.717) is 11.5 Å². The SMILES string of the molecule is C=Cc1ccc(CC)c(ON2C(C)(C)CCCC2(C)C)c1OC(=O)OC1(C(C)(C)C)CCCCC1. The van der Waals surface area contributed by atoms with Crippen LogP contribution in [0.2, 0.25) is 0 Å². The first kappa shape index (κ1) is 27.6. The van der Waals surface area contributed by atoms with Gasteiger partial charge in [-0.1, -0.05) is 58.9 Å². The van der Waals surface area contributed by atoms with E-state index in [2.05, 4.69) is 67.0 Å². The molecule has 5 heteroatoms. The summed E-state index contributed by atoms with van der Waals surface area (Å²) in [5.41, 5.74) is 0.672. The van der Waals surface area contributed by atoms with Crippen molar-refractivity contribution >= 4 is 12.2 Å². The Kier molecular flexibility index (Phi) is 8.00. The van der Waals surface area contributed by atoms with E-state index in [1.807, 2.05) is 12.1 Å². The van der Waals surface area contributed by atoms with Gasteiger partial charge in [-0.15, -0.1) is 5.06 Å². The molecule has 0 radical (unpaired) electrons. The van der Waals surface area contributed by atoms with Crippen LogP contribution in [0.25, 0.3) is 6.08 Å². The highest BCUT2D eigenvalue weighted by Gasteiger charge is 2.47. The molecule has 3 rings (SSSR count). The minimum absolute atomic E-state index is 0.160. The molecule has 196 valence electrons. The fourth-order valence-electron chi connectivity index (χ4n) is 5.97. The van der Waals surface area contributed by atoms with Gasteiger partial charge in [-0.25, -0.2) is 4.79 Å². The highest BCUT2D eigenvalue weighted by atomic mass is 16.7. The molecule has 0 amide bonds. The van der Waals surface area contributed by atoms with Gasteiger partial charge in [-0.3, -0.25) is 0 Å². The van der Waals surface area contributed by atoms with Gasteiger partial charge in [0.15, 0.2) is 11.5 Å². The summed E-state index contributed by atoms with van der Waals surface area (Å²) in [5, 5.41) is 2.10. The number of aryl methyl sites for hydroxylation is 1. The van der Waals surface area contributed by atoms with Gasteiger partial charge in [0.25, 0.3) is 0 Å². The summed E-state index contributed by atoms with van der Waals surface area (Å²) in [4.78, 5) is 20.1. The minimum Gasteiger partial charge on any atom is -0.427 e.